The van der Waals surface area contributed by atoms with E-state index in [9.17, 15) is 0 Å². The highest BCUT2D eigenvalue weighted by molar-refractivity contribution is 4.78. The molecule has 0 aromatic heterocycles. The summed E-state index contributed by atoms with van der Waals surface area (Å²) in [5, 5.41) is 3.30. The number of nitrogens with one attached hydrogen (secondary N) is 1. The Morgan fingerprint density at radius 3 is 2.18 bits per heavy atom. The molecule has 0 aliphatic carbocycles. The Labute approximate surface area is 70.3 Å². The van der Waals surface area contributed by atoms with Crippen LogP contribution >= 0.6 is 0 Å². The molecular weight excluding hydrogens is 138 g/mol. The number of ether oxygens (including phenoxy) is 1. The first-order valence-electron chi connectivity index (χ1n) is 4.18. The van der Waals surface area contributed by atoms with E-state index in [0.717, 1.165) is 13.0 Å². The quantitative estimate of drug-likeness (QED) is 0.673. The van der Waals surface area contributed by atoms with Crippen LogP contribution in [-0.2, 0) is 4.74 Å². The van der Waals surface area contributed by atoms with Crippen molar-refractivity contribution in [2.75, 3.05) is 20.8 Å². The van der Waals surface area contributed by atoms with Crippen molar-refractivity contribution in [1.29, 1.82) is 0 Å². The van der Waals surface area contributed by atoms with Crippen molar-refractivity contribution >= 4 is 0 Å². The third-order valence-electron chi connectivity index (χ3n) is 2.00. The molecule has 1 N–H and O–H groups in total. The van der Waals surface area contributed by atoms with E-state index in [2.05, 4.69) is 26.1 Å². The minimum atomic E-state index is 0.327. The van der Waals surface area contributed by atoms with E-state index in [4.69, 9.17) is 4.74 Å². The van der Waals surface area contributed by atoms with Crippen LogP contribution in [0.3, 0.4) is 0 Å². The molecule has 0 rings (SSSR count). The van der Waals surface area contributed by atoms with E-state index in [-0.39, 0.29) is 0 Å². The molecule has 0 bridgehead atoms. The summed E-state index contributed by atoms with van der Waals surface area (Å²) in [6.45, 7) is 7.56. The van der Waals surface area contributed by atoms with Gasteiger partial charge in [0.2, 0.25) is 0 Å². The lowest BCUT2D eigenvalue weighted by molar-refractivity contribution is 0.156. The Morgan fingerprint density at radius 1 is 1.36 bits per heavy atom. The number of hydrogen-bond acceptors (Lipinski definition) is 2. The van der Waals surface area contributed by atoms with E-state index < -0.39 is 0 Å². The summed E-state index contributed by atoms with van der Waals surface area (Å²) < 4.78 is 5.03. The maximum atomic E-state index is 5.03. The van der Waals surface area contributed by atoms with Crippen LogP contribution in [0.2, 0.25) is 0 Å². The van der Waals surface area contributed by atoms with Crippen LogP contribution in [0.4, 0.5) is 0 Å². The topological polar surface area (TPSA) is 21.3 Å². The molecule has 0 saturated heterocycles. The molecule has 2 heteroatoms. The van der Waals surface area contributed by atoms with Crippen molar-refractivity contribution in [3.63, 3.8) is 0 Å². The van der Waals surface area contributed by atoms with Gasteiger partial charge in [0.15, 0.2) is 0 Å². The smallest absolute Gasteiger partial charge is 0.0477 e. The summed E-state index contributed by atoms with van der Waals surface area (Å²) in [5.74, 6) is 0. The Hall–Kier alpha value is -0.0800. The van der Waals surface area contributed by atoms with Gasteiger partial charge in [-0.15, -0.1) is 0 Å². The van der Waals surface area contributed by atoms with Crippen molar-refractivity contribution in [1.82, 2.24) is 5.32 Å². The van der Waals surface area contributed by atoms with Crippen molar-refractivity contribution in [3.05, 3.63) is 0 Å². The summed E-state index contributed by atoms with van der Waals surface area (Å²) in [5.41, 5.74) is 0.327. The molecule has 1 atom stereocenters. The van der Waals surface area contributed by atoms with Crippen LogP contribution in [0.25, 0.3) is 0 Å². The summed E-state index contributed by atoms with van der Waals surface area (Å²) in [7, 11) is 3.75. The van der Waals surface area contributed by atoms with Crippen LogP contribution in [0.5, 0.6) is 0 Å². The third kappa shape index (κ3) is 4.38. The molecule has 1 unspecified atom stereocenters. The second kappa shape index (κ2) is 4.73. The Morgan fingerprint density at radius 2 is 1.91 bits per heavy atom. The molecule has 0 heterocycles. The van der Waals surface area contributed by atoms with E-state index in [1.165, 1.54) is 0 Å². The standard InChI is InChI=1S/C9H21NO/c1-9(2,3)8(10-4)6-7-11-5/h8,10H,6-7H2,1-5H3. The van der Waals surface area contributed by atoms with E-state index in [1.807, 2.05) is 7.05 Å². The van der Waals surface area contributed by atoms with Gasteiger partial charge in [-0.25, -0.2) is 0 Å². The molecule has 0 saturated carbocycles. The van der Waals surface area contributed by atoms with E-state index >= 15 is 0 Å². The lowest BCUT2D eigenvalue weighted by Crippen LogP contribution is -2.38. The lowest BCUT2D eigenvalue weighted by atomic mass is 9.85. The fourth-order valence-corrected chi connectivity index (χ4v) is 1.25. The van der Waals surface area contributed by atoms with Crippen LogP contribution in [0.15, 0.2) is 0 Å². The minimum Gasteiger partial charge on any atom is -0.385 e. The van der Waals surface area contributed by atoms with Crippen LogP contribution < -0.4 is 5.32 Å². The normalized spacial score (nSPS) is 15.0. The molecular formula is C9H21NO. The molecule has 2 nitrogen and oxygen atoms in total. The van der Waals surface area contributed by atoms with Crippen molar-refractivity contribution in [3.8, 4) is 0 Å². The average Bonchev–Trinajstić information content (AvgIpc) is 1.87. The van der Waals surface area contributed by atoms with E-state index in [0.29, 0.717) is 11.5 Å². The van der Waals surface area contributed by atoms with Gasteiger partial charge in [0.1, 0.15) is 0 Å². The summed E-state index contributed by atoms with van der Waals surface area (Å²) in [4.78, 5) is 0. The largest absolute Gasteiger partial charge is 0.385 e. The predicted octanol–water partition coefficient (Wildman–Crippen LogP) is 1.66. The third-order valence-corrected chi connectivity index (χ3v) is 2.00. The molecule has 0 aromatic carbocycles. The highest BCUT2D eigenvalue weighted by Crippen LogP contribution is 2.21. The highest BCUT2D eigenvalue weighted by atomic mass is 16.5. The summed E-state index contributed by atoms with van der Waals surface area (Å²) in [6, 6.07) is 0.544. The average molecular weight is 159 g/mol. The molecule has 0 aliphatic rings. The van der Waals surface area contributed by atoms with Crippen LogP contribution in [0.1, 0.15) is 27.2 Å². The second-order valence-electron chi connectivity index (χ2n) is 3.99. The SMILES string of the molecule is CNC(CCOC)C(C)(C)C. The number of methoxy groups -OCH3 is 1. The van der Waals surface area contributed by atoms with Gasteiger partial charge in [-0.3, -0.25) is 0 Å². The van der Waals surface area contributed by atoms with Gasteiger partial charge in [-0.2, -0.15) is 0 Å². The number of hydrogen-bond donors (Lipinski definition) is 1. The lowest BCUT2D eigenvalue weighted by Gasteiger charge is -2.30. The predicted molar refractivity (Wildman–Crippen MR) is 48.8 cm³/mol. The highest BCUT2D eigenvalue weighted by Gasteiger charge is 2.21. The summed E-state index contributed by atoms with van der Waals surface area (Å²) in [6.07, 6.45) is 1.08. The maximum Gasteiger partial charge on any atom is 0.0477 e. The zero-order valence-electron chi connectivity index (χ0n) is 8.40. The first-order chi connectivity index (χ1) is 5.02. The molecule has 68 valence electrons. The van der Waals surface area contributed by atoms with Gasteiger partial charge in [-0.1, -0.05) is 20.8 Å². The second-order valence-corrected chi connectivity index (χ2v) is 3.99. The minimum absolute atomic E-state index is 0.327. The monoisotopic (exact) mass is 159 g/mol. The summed E-state index contributed by atoms with van der Waals surface area (Å²) >= 11 is 0. The maximum absolute atomic E-state index is 5.03. The van der Waals surface area contributed by atoms with Crippen LogP contribution in [0, 0.1) is 5.41 Å². The van der Waals surface area contributed by atoms with Gasteiger partial charge in [0, 0.05) is 19.8 Å². The Bertz CT molecular complexity index is 96.2. The molecule has 11 heavy (non-hydrogen) atoms. The molecule has 0 radical (unpaired) electrons. The van der Waals surface area contributed by atoms with Gasteiger partial charge < -0.3 is 10.1 Å². The van der Waals surface area contributed by atoms with Crippen LogP contribution in [-0.4, -0.2) is 26.8 Å². The fourth-order valence-electron chi connectivity index (χ4n) is 1.25. The fraction of sp³-hybridized carbons (Fsp3) is 1.00. The molecule has 0 amide bonds. The Balaban J connectivity index is 3.76. The van der Waals surface area contributed by atoms with Gasteiger partial charge >= 0.3 is 0 Å². The zero-order valence-corrected chi connectivity index (χ0v) is 8.40. The number of rotatable bonds is 4. The van der Waals surface area contributed by atoms with Gasteiger partial charge in [-0.05, 0) is 18.9 Å². The first kappa shape index (κ1) is 10.9. The zero-order chi connectivity index (χ0) is 8.91. The van der Waals surface area contributed by atoms with E-state index in [1.54, 1.807) is 7.11 Å². The molecule has 0 aliphatic heterocycles. The first-order valence-corrected chi connectivity index (χ1v) is 4.18. The van der Waals surface area contributed by atoms with Gasteiger partial charge in [0.05, 0.1) is 0 Å². The van der Waals surface area contributed by atoms with Crippen molar-refractivity contribution in [2.24, 2.45) is 5.41 Å². The van der Waals surface area contributed by atoms with Crippen molar-refractivity contribution in [2.45, 2.75) is 33.2 Å². The van der Waals surface area contributed by atoms with Crippen molar-refractivity contribution < 1.29 is 4.74 Å². The molecule has 0 spiro atoms. The molecule has 0 fully saturated rings. The molecule has 0 aromatic rings. The van der Waals surface area contributed by atoms with Gasteiger partial charge in [0.25, 0.3) is 0 Å². The Kier molecular flexibility index (Phi) is 4.69.